The lowest BCUT2D eigenvalue weighted by Gasteiger charge is -2.25. The number of anilines is 2. The summed E-state index contributed by atoms with van der Waals surface area (Å²) < 4.78 is 38.9. The average Bonchev–Trinajstić information content (AvgIpc) is 2.58. The Morgan fingerprint density at radius 2 is 1.90 bits per heavy atom. The lowest BCUT2D eigenvalue weighted by atomic mass is 9.85. The number of aromatic nitrogens is 1. The standard InChI is InChI=1S/C15H22F3N3/c1-14(2)5-4-7-21(8-6-14)13-10-11(15(16,17)18)9-12(19-3)20-13/h9-10H,4-8H2,1-3H3,(H,19,20). The molecule has 1 fully saturated rings. The molecule has 118 valence electrons. The van der Waals surface area contributed by atoms with Crippen molar-refractivity contribution in [3.05, 3.63) is 17.7 Å². The summed E-state index contributed by atoms with van der Waals surface area (Å²) in [7, 11) is 1.58. The molecule has 0 spiro atoms. The Morgan fingerprint density at radius 3 is 2.52 bits per heavy atom. The van der Waals surface area contributed by atoms with Crippen LogP contribution in [-0.2, 0) is 6.18 Å². The zero-order chi connectivity index (χ0) is 15.7. The van der Waals surface area contributed by atoms with Crippen molar-refractivity contribution < 1.29 is 13.2 Å². The Bertz CT molecular complexity index is 497. The molecule has 1 aromatic heterocycles. The summed E-state index contributed by atoms with van der Waals surface area (Å²) in [5.74, 6) is 0.662. The van der Waals surface area contributed by atoms with Crippen molar-refractivity contribution >= 4 is 11.6 Å². The number of rotatable bonds is 2. The van der Waals surface area contributed by atoms with E-state index in [4.69, 9.17) is 0 Å². The predicted octanol–water partition coefficient (Wildman–Crippen LogP) is 4.16. The summed E-state index contributed by atoms with van der Waals surface area (Å²) in [6.07, 6.45) is -1.34. The minimum Gasteiger partial charge on any atom is -0.373 e. The average molecular weight is 301 g/mol. The summed E-state index contributed by atoms with van der Waals surface area (Å²) in [6.45, 7) is 5.90. The molecule has 1 aromatic rings. The van der Waals surface area contributed by atoms with Crippen molar-refractivity contribution in [1.82, 2.24) is 4.98 Å². The summed E-state index contributed by atoms with van der Waals surface area (Å²) in [4.78, 5) is 6.26. The normalized spacial score (nSPS) is 19.2. The van der Waals surface area contributed by atoms with Crippen molar-refractivity contribution in [2.75, 3.05) is 30.4 Å². The Morgan fingerprint density at radius 1 is 1.19 bits per heavy atom. The van der Waals surface area contributed by atoms with Crippen molar-refractivity contribution in [3.63, 3.8) is 0 Å². The maximum absolute atomic E-state index is 13.0. The number of hydrogen-bond acceptors (Lipinski definition) is 3. The third-order valence-electron chi connectivity index (χ3n) is 4.06. The molecule has 0 amide bonds. The molecular formula is C15H22F3N3. The molecule has 2 heterocycles. The molecule has 0 unspecified atom stereocenters. The molecule has 0 radical (unpaired) electrons. The second kappa shape index (κ2) is 5.73. The number of halogens is 3. The summed E-state index contributed by atoms with van der Waals surface area (Å²) in [5.41, 5.74) is -0.414. The molecule has 2 rings (SSSR count). The molecule has 0 aromatic carbocycles. The smallest absolute Gasteiger partial charge is 0.373 e. The Labute approximate surface area is 123 Å². The fourth-order valence-electron chi connectivity index (χ4n) is 2.62. The number of alkyl halides is 3. The van der Waals surface area contributed by atoms with Crippen LogP contribution < -0.4 is 10.2 Å². The minimum atomic E-state index is -4.35. The number of nitrogens with zero attached hydrogens (tertiary/aromatic N) is 2. The van der Waals surface area contributed by atoms with Gasteiger partial charge in [0.1, 0.15) is 11.6 Å². The molecule has 0 aliphatic carbocycles. The second-order valence-corrected chi connectivity index (χ2v) is 6.35. The van der Waals surface area contributed by atoms with Crippen LogP contribution in [0.1, 0.15) is 38.7 Å². The molecule has 1 aliphatic rings. The largest absolute Gasteiger partial charge is 0.416 e. The Hall–Kier alpha value is -1.46. The Kier molecular flexibility index (Phi) is 4.35. The van der Waals surface area contributed by atoms with Gasteiger partial charge in [-0.1, -0.05) is 13.8 Å². The zero-order valence-corrected chi connectivity index (χ0v) is 12.7. The molecule has 3 nitrogen and oxygen atoms in total. The van der Waals surface area contributed by atoms with Crippen LogP contribution in [0.3, 0.4) is 0 Å². The highest BCUT2D eigenvalue weighted by Crippen LogP contribution is 2.35. The molecule has 6 heteroatoms. The monoisotopic (exact) mass is 301 g/mol. The highest BCUT2D eigenvalue weighted by molar-refractivity contribution is 5.51. The Balaban J connectivity index is 2.30. The number of nitrogens with one attached hydrogen (secondary N) is 1. The van der Waals surface area contributed by atoms with Gasteiger partial charge in [-0.15, -0.1) is 0 Å². The van der Waals surface area contributed by atoms with E-state index < -0.39 is 11.7 Å². The van der Waals surface area contributed by atoms with Gasteiger partial charge in [-0.25, -0.2) is 4.98 Å². The van der Waals surface area contributed by atoms with Gasteiger partial charge in [-0.3, -0.25) is 0 Å². The van der Waals surface area contributed by atoms with Crippen molar-refractivity contribution in [2.24, 2.45) is 5.41 Å². The molecule has 1 saturated heterocycles. The first-order chi connectivity index (χ1) is 9.71. The molecule has 0 saturated carbocycles. The number of pyridine rings is 1. The first kappa shape index (κ1) is 15.9. The molecule has 21 heavy (non-hydrogen) atoms. The first-order valence-electron chi connectivity index (χ1n) is 7.23. The van der Waals surface area contributed by atoms with Gasteiger partial charge in [0.15, 0.2) is 0 Å². The van der Waals surface area contributed by atoms with E-state index in [1.807, 2.05) is 4.90 Å². The van der Waals surface area contributed by atoms with Crippen molar-refractivity contribution in [1.29, 1.82) is 0 Å². The van der Waals surface area contributed by atoms with Gasteiger partial charge in [0, 0.05) is 20.1 Å². The van der Waals surface area contributed by atoms with Crippen LogP contribution in [0, 0.1) is 5.41 Å². The van der Waals surface area contributed by atoms with E-state index >= 15 is 0 Å². The highest BCUT2D eigenvalue weighted by atomic mass is 19.4. The lowest BCUT2D eigenvalue weighted by Crippen LogP contribution is -2.26. The molecule has 0 bridgehead atoms. The van der Waals surface area contributed by atoms with Crippen LogP contribution in [0.5, 0.6) is 0 Å². The van der Waals surface area contributed by atoms with E-state index in [9.17, 15) is 13.2 Å². The second-order valence-electron chi connectivity index (χ2n) is 6.35. The van der Waals surface area contributed by atoms with E-state index in [1.54, 1.807) is 7.05 Å². The molecular weight excluding hydrogens is 279 g/mol. The summed E-state index contributed by atoms with van der Waals surface area (Å²) >= 11 is 0. The van der Waals surface area contributed by atoms with E-state index in [0.717, 1.165) is 44.5 Å². The fraction of sp³-hybridized carbons (Fsp3) is 0.667. The van der Waals surface area contributed by atoms with Crippen LogP contribution in [0.25, 0.3) is 0 Å². The SMILES string of the molecule is CNc1cc(C(F)(F)F)cc(N2CCCC(C)(C)CC2)n1. The van der Waals surface area contributed by atoms with Gasteiger partial charge < -0.3 is 10.2 Å². The quantitative estimate of drug-likeness (QED) is 0.889. The molecule has 1 N–H and O–H groups in total. The van der Waals surface area contributed by atoms with Crippen LogP contribution in [0.2, 0.25) is 0 Å². The van der Waals surface area contributed by atoms with Crippen molar-refractivity contribution in [2.45, 2.75) is 39.3 Å². The highest BCUT2D eigenvalue weighted by Gasteiger charge is 2.32. The number of hydrogen-bond donors (Lipinski definition) is 1. The van der Waals surface area contributed by atoms with Crippen LogP contribution in [0.15, 0.2) is 12.1 Å². The zero-order valence-electron chi connectivity index (χ0n) is 12.7. The third kappa shape index (κ3) is 4.02. The summed E-state index contributed by atoms with van der Waals surface area (Å²) in [5, 5.41) is 2.71. The molecule has 0 atom stereocenters. The van der Waals surface area contributed by atoms with Gasteiger partial charge >= 0.3 is 6.18 Å². The van der Waals surface area contributed by atoms with Crippen LogP contribution >= 0.6 is 0 Å². The fourth-order valence-corrected chi connectivity index (χ4v) is 2.62. The van der Waals surface area contributed by atoms with Crippen LogP contribution in [-0.4, -0.2) is 25.1 Å². The lowest BCUT2D eigenvalue weighted by molar-refractivity contribution is -0.137. The summed E-state index contributed by atoms with van der Waals surface area (Å²) in [6, 6.07) is 2.20. The topological polar surface area (TPSA) is 28.2 Å². The van der Waals surface area contributed by atoms with E-state index in [2.05, 4.69) is 24.1 Å². The van der Waals surface area contributed by atoms with E-state index in [1.165, 1.54) is 0 Å². The van der Waals surface area contributed by atoms with Crippen molar-refractivity contribution in [3.8, 4) is 0 Å². The van der Waals surface area contributed by atoms with Gasteiger partial charge in [0.25, 0.3) is 0 Å². The minimum absolute atomic E-state index is 0.238. The van der Waals surface area contributed by atoms with Gasteiger partial charge in [-0.2, -0.15) is 13.2 Å². The van der Waals surface area contributed by atoms with Gasteiger partial charge in [0.05, 0.1) is 5.56 Å². The maximum atomic E-state index is 13.0. The molecule has 1 aliphatic heterocycles. The van der Waals surface area contributed by atoms with Gasteiger partial charge in [0.2, 0.25) is 0 Å². The first-order valence-corrected chi connectivity index (χ1v) is 7.23. The third-order valence-corrected chi connectivity index (χ3v) is 4.06. The van der Waals surface area contributed by atoms with E-state index in [-0.39, 0.29) is 11.2 Å². The van der Waals surface area contributed by atoms with E-state index in [0.29, 0.717) is 5.82 Å². The van der Waals surface area contributed by atoms with Crippen LogP contribution in [0.4, 0.5) is 24.8 Å². The maximum Gasteiger partial charge on any atom is 0.416 e. The van der Waals surface area contributed by atoms with Gasteiger partial charge in [-0.05, 0) is 36.8 Å². The predicted molar refractivity (Wildman–Crippen MR) is 78.6 cm³/mol.